The Morgan fingerprint density at radius 2 is 2.10 bits per heavy atom. The monoisotopic (exact) mass is 378 g/mol. The molecular formula is C13H19BrN2O4S. The molecule has 2 rings (SSSR count). The number of nitrogens with one attached hydrogen (secondary N) is 1. The number of methoxy groups -OCH3 is 1. The van der Waals surface area contributed by atoms with E-state index in [2.05, 4.69) is 21.2 Å². The standard InChI is InChI=1S/C13H19BrN2O4S/c1-19-8-5-15-13-11(14)3-2-4-12(13)21(17,18)16-6-9-20-10-7-16/h2-4,15H,5-10H2,1H3. The molecule has 1 heterocycles. The van der Waals surface area contributed by atoms with E-state index in [1.807, 2.05) is 6.07 Å². The van der Waals surface area contributed by atoms with Gasteiger partial charge in [-0.15, -0.1) is 0 Å². The van der Waals surface area contributed by atoms with E-state index in [9.17, 15) is 8.42 Å². The van der Waals surface area contributed by atoms with E-state index in [-0.39, 0.29) is 4.90 Å². The van der Waals surface area contributed by atoms with Crippen molar-refractivity contribution in [1.29, 1.82) is 0 Å². The minimum absolute atomic E-state index is 0.273. The minimum atomic E-state index is -3.53. The molecular weight excluding hydrogens is 360 g/mol. The summed E-state index contributed by atoms with van der Waals surface area (Å²) in [6.45, 7) is 2.65. The van der Waals surface area contributed by atoms with Gasteiger partial charge < -0.3 is 14.8 Å². The third-order valence-corrected chi connectivity index (χ3v) is 5.77. The van der Waals surface area contributed by atoms with Crippen molar-refractivity contribution in [3.8, 4) is 0 Å². The SMILES string of the molecule is COCCNc1c(Br)cccc1S(=O)(=O)N1CCOCC1. The van der Waals surface area contributed by atoms with Crippen LogP contribution >= 0.6 is 15.9 Å². The summed E-state index contributed by atoms with van der Waals surface area (Å²) < 4.78 is 37.9. The van der Waals surface area contributed by atoms with E-state index >= 15 is 0 Å². The number of para-hydroxylation sites is 1. The molecule has 0 amide bonds. The highest BCUT2D eigenvalue weighted by Gasteiger charge is 2.29. The molecule has 1 aromatic carbocycles. The molecule has 1 fully saturated rings. The molecule has 21 heavy (non-hydrogen) atoms. The Morgan fingerprint density at radius 3 is 2.76 bits per heavy atom. The maximum Gasteiger partial charge on any atom is 0.245 e. The molecule has 0 spiro atoms. The second-order valence-electron chi connectivity index (χ2n) is 4.55. The third kappa shape index (κ3) is 3.95. The molecule has 0 unspecified atom stereocenters. The topological polar surface area (TPSA) is 67.9 Å². The van der Waals surface area contributed by atoms with E-state index < -0.39 is 10.0 Å². The second-order valence-corrected chi connectivity index (χ2v) is 7.31. The number of hydrogen-bond donors (Lipinski definition) is 1. The summed E-state index contributed by atoms with van der Waals surface area (Å²) in [5.74, 6) is 0. The minimum Gasteiger partial charge on any atom is -0.383 e. The van der Waals surface area contributed by atoms with Crippen LogP contribution in [0.5, 0.6) is 0 Å². The molecule has 118 valence electrons. The maximum atomic E-state index is 12.8. The van der Waals surface area contributed by atoms with Gasteiger partial charge in [0.25, 0.3) is 0 Å². The molecule has 0 aromatic heterocycles. The van der Waals surface area contributed by atoms with Gasteiger partial charge in [-0.3, -0.25) is 0 Å². The molecule has 0 atom stereocenters. The molecule has 0 saturated carbocycles. The summed E-state index contributed by atoms with van der Waals surface area (Å²) in [5, 5.41) is 3.12. The van der Waals surface area contributed by atoms with Crippen LogP contribution in [0.15, 0.2) is 27.6 Å². The van der Waals surface area contributed by atoms with Gasteiger partial charge in [0.15, 0.2) is 0 Å². The average Bonchev–Trinajstić information content (AvgIpc) is 2.50. The number of morpholine rings is 1. The Kier molecular flexibility index (Phi) is 6.00. The Bertz CT molecular complexity index is 574. The lowest BCUT2D eigenvalue weighted by molar-refractivity contribution is 0.0730. The molecule has 6 nitrogen and oxygen atoms in total. The Labute approximate surface area is 133 Å². The number of anilines is 1. The van der Waals surface area contributed by atoms with Crippen molar-refractivity contribution in [3.63, 3.8) is 0 Å². The van der Waals surface area contributed by atoms with Crippen LogP contribution in [-0.4, -0.2) is 59.3 Å². The summed E-state index contributed by atoms with van der Waals surface area (Å²) in [6.07, 6.45) is 0. The van der Waals surface area contributed by atoms with Crippen LogP contribution in [0.25, 0.3) is 0 Å². The van der Waals surface area contributed by atoms with E-state index in [0.717, 1.165) is 0 Å². The highest BCUT2D eigenvalue weighted by molar-refractivity contribution is 9.10. The number of nitrogens with zero attached hydrogens (tertiary/aromatic N) is 1. The number of benzene rings is 1. The van der Waals surface area contributed by atoms with Crippen LogP contribution in [0.2, 0.25) is 0 Å². The van der Waals surface area contributed by atoms with E-state index in [1.165, 1.54) is 4.31 Å². The smallest absolute Gasteiger partial charge is 0.245 e. The largest absolute Gasteiger partial charge is 0.383 e. The quantitative estimate of drug-likeness (QED) is 0.760. The predicted octanol–water partition coefficient (Wildman–Crippen LogP) is 1.53. The number of halogens is 1. The van der Waals surface area contributed by atoms with Crippen LogP contribution in [0, 0.1) is 0 Å². The van der Waals surface area contributed by atoms with Gasteiger partial charge in [0.1, 0.15) is 4.90 Å². The zero-order valence-electron chi connectivity index (χ0n) is 11.8. The number of rotatable bonds is 6. The summed E-state index contributed by atoms with van der Waals surface area (Å²) >= 11 is 3.40. The summed E-state index contributed by atoms with van der Waals surface area (Å²) in [5.41, 5.74) is 0.570. The number of ether oxygens (including phenoxy) is 2. The zero-order chi connectivity index (χ0) is 15.3. The second kappa shape index (κ2) is 7.55. The lowest BCUT2D eigenvalue weighted by atomic mass is 10.3. The van der Waals surface area contributed by atoms with Crippen molar-refractivity contribution < 1.29 is 17.9 Å². The summed E-state index contributed by atoms with van der Waals surface area (Å²) in [7, 11) is -1.93. The molecule has 0 bridgehead atoms. The average molecular weight is 379 g/mol. The predicted molar refractivity (Wildman–Crippen MR) is 84.1 cm³/mol. The first-order valence-corrected chi connectivity index (χ1v) is 8.90. The first-order valence-electron chi connectivity index (χ1n) is 6.66. The Morgan fingerprint density at radius 1 is 1.38 bits per heavy atom. The van der Waals surface area contributed by atoms with Gasteiger partial charge in [-0.25, -0.2) is 8.42 Å². The van der Waals surface area contributed by atoms with Gasteiger partial charge in [0.05, 0.1) is 25.5 Å². The zero-order valence-corrected chi connectivity index (χ0v) is 14.2. The highest BCUT2D eigenvalue weighted by Crippen LogP contribution is 2.31. The van der Waals surface area contributed by atoms with Crippen LogP contribution in [0.3, 0.4) is 0 Å². The number of sulfonamides is 1. The van der Waals surface area contributed by atoms with Crippen molar-refractivity contribution in [1.82, 2.24) is 4.31 Å². The van der Waals surface area contributed by atoms with E-state index in [4.69, 9.17) is 9.47 Å². The first kappa shape index (κ1) is 16.7. The number of hydrogen-bond acceptors (Lipinski definition) is 5. The maximum absolute atomic E-state index is 12.8. The van der Waals surface area contributed by atoms with Gasteiger partial charge in [0, 0.05) is 31.2 Å². The first-order chi connectivity index (χ1) is 10.1. The molecule has 1 saturated heterocycles. The molecule has 1 aromatic rings. The van der Waals surface area contributed by atoms with Gasteiger partial charge in [0.2, 0.25) is 10.0 Å². The normalized spacial score (nSPS) is 16.9. The van der Waals surface area contributed by atoms with Crippen LogP contribution in [0.4, 0.5) is 5.69 Å². The van der Waals surface area contributed by atoms with Crippen LogP contribution < -0.4 is 5.32 Å². The Hall–Kier alpha value is -0.670. The van der Waals surface area contributed by atoms with Gasteiger partial charge in [-0.2, -0.15) is 4.31 Å². The fourth-order valence-corrected chi connectivity index (χ4v) is 4.33. The fraction of sp³-hybridized carbons (Fsp3) is 0.538. The van der Waals surface area contributed by atoms with Crippen molar-refractivity contribution in [3.05, 3.63) is 22.7 Å². The highest BCUT2D eigenvalue weighted by atomic mass is 79.9. The molecule has 0 aliphatic carbocycles. The van der Waals surface area contributed by atoms with E-state index in [1.54, 1.807) is 19.2 Å². The van der Waals surface area contributed by atoms with Crippen LogP contribution in [-0.2, 0) is 19.5 Å². The lowest BCUT2D eigenvalue weighted by Crippen LogP contribution is -2.40. The van der Waals surface area contributed by atoms with Crippen molar-refractivity contribution >= 4 is 31.6 Å². The van der Waals surface area contributed by atoms with Gasteiger partial charge in [-0.05, 0) is 28.1 Å². The molecule has 1 aliphatic rings. The third-order valence-electron chi connectivity index (χ3n) is 3.17. The van der Waals surface area contributed by atoms with Crippen LogP contribution in [0.1, 0.15) is 0 Å². The summed E-state index contributed by atoms with van der Waals surface area (Å²) in [4.78, 5) is 0.273. The van der Waals surface area contributed by atoms with Gasteiger partial charge >= 0.3 is 0 Å². The van der Waals surface area contributed by atoms with Crippen molar-refractivity contribution in [2.24, 2.45) is 0 Å². The van der Waals surface area contributed by atoms with Crippen molar-refractivity contribution in [2.45, 2.75) is 4.90 Å². The molecule has 8 heteroatoms. The molecule has 1 aliphatic heterocycles. The lowest BCUT2D eigenvalue weighted by Gasteiger charge is -2.27. The fourth-order valence-electron chi connectivity index (χ4n) is 2.10. The molecule has 0 radical (unpaired) electrons. The molecule has 1 N–H and O–H groups in total. The van der Waals surface area contributed by atoms with Crippen molar-refractivity contribution in [2.75, 3.05) is 51.9 Å². The van der Waals surface area contributed by atoms with E-state index in [0.29, 0.717) is 49.6 Å². The summed E-state index contributed by atoms with van der Waals surface area (Å²) in [6, 6.07) is 5.15. The van der Waals surface area contributed by atoms with Gasteiger partial charge in [-0.1, -0.05) is 6.07 Å². The Balaban J connectivity index is 2.30.